The number of aliphatic hydroxyl groups excluding tert-OH is 1. The first-order valence-corrected chi connectivity index (χ1v) is 12.6. The minimum Gasteiger partial charge on any atom is -0.386 e. The van der Waals surface area contributed by atoms with Gasteiger partial charge in [-0.1, -0.05) is 54.6 Å². The number of para-hydroxylation sites is 1. The molecule has 1 spiro atoms. The lowest BCUT2D eigenvalue weighted by Crippen LogP contribution is -2.48. The van der Waals surface area contributed by atoms with Crippen molar-refractivity contribution in [2.75, 3.05) is 38.1 Å². The number of amides is 1. The second-order valence-corrected chi connectivity index (χ2v) is 10.8. The quantitative estimate of drug-likeness (QED) is 0.637. The molecular weight excluding hydrogens is 422 g/mol. The van der Waals surface area contributed by atoms with Crippen molar-refractivity contribution in [2.45, 2.75) is 42.9 Å². The van der Waals surface area contributed by atoms with E-state index in [-0.39, 0.29) is 17.4 Å². The molecule has 2 saturated heterocycles. The van der Waals surface area contributed by atoms with Crippen molar-refractivity contribution in [3.05, 3.63) is 77.4 Å². The van der Waals surface area contributed by atoms with E-state index in [1.165, 1.54) is 27.6 Å². The minimum atomic E-state index is -0.464. The van der Waals surface area contributed by atoms with Gasteiger partial charge in [0.15, 0.2) is 0 Å². The highest BCUT2D eigenvalue weighted by Crippen LogP contribution is 2.50. The molecule has 3 aliphatic heterocycles. The smallest absolute Gasteiger partial charge is 0.223 e. The molecule has 3 unspecified atom stereocenters. The van der Waals surface area contributed by atoms with Gasteiger partial charge in [0.05, 0.1) is 12.1 Å². The predicted molar refractivity (Wildman–Crippen MR) is 134 cm³/mol. The van der Waals surface area contributed by atoms with Gasteiger partial charge in [-0.3, -0.25) is 9.69 Å². The van der Waals surface area contributed by atoms with Crippen LogP contribution in [-0.4, -0.2) is 60.1 Å². The molecule has 3 atom stereocenters. The molecule has 1 amide bonds. The number of carbonyl (C=O) groups is 1. The lowest BCUT2D eigenvalue weighted by Gasteiger charge is -2.42. The third-order valence-electron chi connectivity index (χ3n) is 8.95. The van der Waals surface area contributed by atoms with E-state index in [9.17, 15) is 9.90 Å². The molecule has 34 heavy (non-hydrogen) atoms. The summed E-state index contributed by atoms with van der Waals surface area (Å²) in [6.45, 7) is 3.70. The van der Waals surface area contributed by atoms with E-state index >= 15 is 0 Å². The number of likely N-dealkylation sites (N-methyl/N-ethyl adjacent to an activating group) is 1. The van der Waals surface area contributed by atoms with Crippen molar-refractivity contribution in [3.8, 4) is 0 Å². The summed E-state index contributed by atoms with van der Waals surface area (Å²) in [5, 5.41) is 13.8. The van der Waals surface area contributed by atoms with Crippen LogP contribution in [-0.2, 0) is 10.2 Å². The fraction of sp³-hybridized carbons (Fsp3) is 0.414. The van der Waals surface area contributed by atoms with E-state index in [4.69, 9.17) is 0 Å². The number of hydrogen-bond acceptors (Lipinski definition) is 4. The van der Waals surface area contributed by atoms with E-state index in [1.54, 1.807) is 0 Å². The van der Waals surface area contributed by atoms with Crippen LogP contribution in [0.3, 0.4) is 0 Å². The Hall–Kier alpha value is -2.89. The molecule has 3 aromatic rings. The number of benzene rings is 3. The Kier molecular flexibility index (Phi) is 4.40. The fourth-order valence-electron chi connectivity index (χ4n) is 7.41. The average Bonchev–Trinajstić information content (AvgIpc) is 3.45. The van der Waals surface area contributed by atoms with Gasteiger partial charge in [-0.2, -0.15) is 0 Å². The Labute approximate surface area is 200 Å². The van der Waals surface area contributed by atoms with Gasteiger partial charge in [0.25, 0.3) is 0 Å². The highest BCUT2D eigenvalue weighted by molar-refractivity contribution is 5.92. The number of hydrogen-bond donors (Lipinski definition) is 1. The van der Waals surface area contributed by atoms with Gasteiger partial charge in [0, 0.05) is 56.8 Å². The second kappa shape index (κ2) is 7.30. The number of piperidine rings is 1. The molecule has 2 fully saturated rings. The van der Waals surface area contributed by atoms with Gasteiger partial charge < -0.3 is 14.9 Å². The van der Waals surface area contributed by atoms with Gasteiger partial charge in [-0.25, -0.2) is 0 Å². The molecule has 5 nitrogen and oxygen atoms in total. The molecule has 4 aliphatic rings. The summed E-state index contributed by atoms with van der Waals surface area (Å²) in [5.74, 6) is 0.260. The molecule has 3 heterocycles. The molecule has 174 valence electrons. The number of aliphatic hydroxyl groups is 1. The maximum Gasteiger partial charge on any atom is 0.223 e. The highest BCUT2D eigenvalue weighted by atomic mass is 16.3. The third kappa shape index (κ3) is 2.77. The summed E-state index contributed by atoms with van der Waals surface area (Å²) in [5.41, 5.74) is 4.95. The highest BCUT2D eigenvalue weighted by Gasteiger charge is 2.51. The van der Waals surface area contributed by atoms with E-state index in [2.05, 4.69) is 70.5 Å². The average molecular weight is 454 g/mol. The topological polar surface area (TPSA) is 47.0 Å². The number of fused-ring (bicyclic) bond motifs is 2. The zero-order valence-corrected chi connectivity index (χ0v) is 19.7. The summed E-state index contributed by atoms with van der Waals surface area (Å²) < 4.78 is 0. The standard InChI is InChI=1S/C29H31N3O2/c1-30-17-29(16-25(30)33)18-32(24-11-3-2-10-23(24)29)20-12-14-31(15-13-20)27-21-8-4-6-19-7-5-9-22(26(19)21)28(27)34/h2-11,20,27-28,34H,12-18H2,1H3. The van der Waals surface area contributed by atoms with Crippen molar-refractivity contribution in [1.82, 2.24) is 9.80 Å². The number of rotatable bonds is 2. The molecular formula is C29H31N3O2. The largest absolute Gasteiger partial charge is 0.386 e. The fourth-order valence-corrected chi connectivity index (χ4v) is 7.41. The van der Waals surface area contributed by atoms with Crippen LogP contribution < -0.4 is 4.90 Å². The SMILES string of the molecule is CN1CC2(CC1=O)CN(C1CCN(C3c4cccc5cccc(c45)C3O)CC1)c1ccccc12. The summed E-state index contributed by atoms with van der Waals surface area (Å²) in [7, 11) is 1.94. The predicted octanol–water partition coefficient (Wildman–Crippen LogP) is 4.01. The van der Waals surface area contributed by atoms with Crippen molar-refractivity contribution in [3.63, 3.8) is 0 Å². The zero-order valence-electron chi connectivity index (χ0n) is 19.7. The Balaban J connectivity index is 1.13. The minimum absolute atomic E-state index is 0.0420. The van der Waals surface area contributed by atoms with Gasteiger partial charge in [-0.15, -0.1) is 0 Å². The molecule has 1 N–H and O–H groups in total. The van der Waals surface area contributed by atoms with Crippen LogP contribution in [0.1, 0.15) is 48.1 Å². The molecule has 0 bridgehead atoms. The Morgan fingerprint density at radius 1 is 0.912 bits per heavy atom. The van der Waals surface area contributed by atoms with Crippen molar-refractivity contribution in [2.24, 2.45) is 0 Å². The van der Waals surface area contributed by atoms with E-state index < -0.39 is 6.10 Å². The van der Waals surface area contributed by atoms with Gasteiger partial charge in [0.2, 0.25) is 5.91 Å². The zero-order chi connectivity index (χ0) is 23.0. The monoisotopic (exact) mass is 453 g/mol. The normalized spacial score (nSPS) is 29.1. The molecule has 3 aromatic carbocycles. The second-order valence-electron chi connectivity index (χ2n) is 10.8. The lowest BCUT2D eigenvalue weighted by atomic mass is 9.81. The van der Waals surface area contributed by atoms with Crippen LogP contribution >= 0.6 is 0 Å². The summed E-state index contributed by atoms with van der Waals surface area (Å²) in [6.07, 6.45) is 2.30. The molecule has 5 heteroatoms. The van der Waals surface area contributed by atoms with Crippen LogP contribution in [0.15, 0.2) is 60.7 Å². The van der Waals surface area contributed by atoms with Crippen molar-refractivity contribution >= 4 is 22.4 Å². The maximum atomic E-state index is 12.5. The Morgan fingerprint density at radius 3 is 2.38 bits per heavy atom. The first kappa shape index (κ1) is 20.5. The number of likely N-dealkylation sites (tertiary alicyclic amines) is 2. The number of nitrogens with zero attached hydrogens (tertiary/aromatic N) is 3. The third-order valence-corrected chi connectivity index (χ3v) is 8.95. The number of anilines is 1. The van der Waals surface area contributed by atoms with Crippen LogP contribution in [0.5, 0.6) is 0 Å². The Bertz CT molecular complexity index is 1290. The van der Waals surface area contributed by atoms with Gasteiger partial charge in [0.1, 0.15) is 0 Å². The van der Waals surface area contributed by atoms with E-state index in [0.717, 1.165) is 44.6 Å². The molecule has 1 aliphatic carbocycles. The molecule has 0 aromatic heterocycles. The lowest BCUT2D eigenvalue weighted by molar-refractivity contribution is -0.126. The van der Waals surface area contributed by atoms with Crippen molar-refractivity contribution in [1.29, 1.82) is 0 Å². The summed E-state index contributed by atoms with van der Waals surface area (Å²) >= 11 is 0. The maximum absolute atomic E-state index is 12.5. The summed E-state index contributed by atoms with van der Waals surface area (Å²) in [6, 6.07) is 22.0. The van der Waals surface area contributed by atoms with Crippen LogP contribution in [0.4, 0.5) is 5.69 Å². The van der Waals surface area contributed by atoms with Crippen LogP contribution in [0.25, 0.3) is 10.8 Å². The van der Waals surface area contributed by atoms with Gasteiger partial charge >= 0.3 is 0 Å². The first-order chi connectivity index (χ1) is 16.6. The number of carbonyl (C=O) groups excluding carboxylic acids is 1. The molecule has 7 rings (SSSR count). The van der Waals surface area contributed by atoms with E-state index in [0.29, 0.717) is 12.5 Å². The van der Waals surface area contributed by atoms with Crippen LogP contribution in [0, 0.1) is 0 Å². The molecule has 0 saturated carbocycles. The summed E-state index contributed by atoms with van der Waals surface area (Å²) in [4.78, 5) is 19.5. The van der Waals surface area contributed by atoms with Gasteiger partial charge in [-0.05, 0) is 46.4 Å². The first-order valence-electron chi connectivity index (χ1n) is 12.6. The van der Waals surface area contributed by atoms with Crippen LogP contribution in [0.2, 0.25) is 0 Å². The van der Waals surface area contributed by atoms with E-state index in [1.807, 2.05) is 11.9 Å². The Morgan fingerprint density at radius 2 is 1.65 bits per heavy atom. The molecule has 0 radical (unpaired) electrons. The van der Waals surface area contributed by atoms with Crippen molar-refractivity contribution < 1.29 is 9.90 Å².